The zero-order valence-corrected chi connectivity index (χ0v) is 20.9. The van der Waals surface area contributed by atoms with Crippen molar-refractivity contribution in [1.82, 2.24) is 18.9 Å². The van der Waals surface area contributed by atoms with E-state index in [9.17, 15) is 29.0 Å². The van der Waals surface area contributed by atoms with Gasteiger partial charge in [-0.05, 0) is 61.9 Å². The van der Waals surface area contributed by atoms with Crippen molar-refractivity contribution in [1.29, 1.82) is 0 Å². The van der Waals surface area contributed by atoms with Gasteiger partial charge in [-0.2, -0.15) is 0 Å². The van der Waals surface area contributed by atoms with Crippen LogP contribution in [0.1, 0.15) is 25.0 Å². The smallest absolute Gasteiger partial charge is 0.333 e. The molecule has 39 heavy (non-hydrogen) atoms. The molecule has 3 aromatic carbocycles. The highest BCUT2D eigenvalue weighted by Crippen LogP contribution is 2.32. The Morgan fingerprint density at radius 2 is 1.67 bits per heavy atom. The Labute approximate surface area is 219 Å². The first-order valence-electron chi connectivity index (χ1n) is 12.2. The van der Waals surface area contributed by atoms with Crippen molar-refractivity contribution in [3.05, 3.63) is 115 Å². The van der Waals surface area contributed by atoms with Crippen LogP contribution in [0.25, 0.3) is 44.4 Å². The standard InChI is InChI=1S/C29H23FN4O5/c1-29(2,39)15-9-10-23-20(13-15)31-26(36)24-12-11-22(33(23)24)16-5-4-8-21(18(16)14-35)34-27(37)17-6-3-7-19(30)25(17)32-28(34)38/h3-13,35,39H,14H2,1-2H3,(H,31,36)(H,32,38). The van der Waals surface area contributed by atoms with Crippen LogP contribution in [0.4, 0.5) is 4.39 Å². The summed E-state index contributed by atoms with van der Waals surface area (Å²) in [6, 6.07) is 17.4. The van der Waals surface area contributed by atoms with Crippen molar-refractivity contribution >= 4 is 27.5 Å². The largest absolute Gasteiger partial charge is 0.392 e. The van der Waals surface area contributed by atoms with E-state index in [1.54, 1.807) is 60.7 Å². The predicted molar refractivity (Wildman–Crippen MR) is 146 cm³/mol. The second kappa shape index (κ2) is 8.62. The lowest BCUT2D eigenvalue weighted by atomic mass is 9.98. The summed E-state index contributed by atoms with van der Waals surface area (Å²) in [5, 5.41) is 20.9. The van der Waals surface area contributed by atoms with Gasteiger partial charge in [0.05, 0.1) is 45.5 Å². The quantitative estimate of drug-likeness (QED) is 0.280. The molecule has 0 aliphatic heterocycles. The van der Waals surface area contributed by atoms with Crippen molar-refractivity contribution in [2.75, 3.05) is 0 Å². The molecular weight excluding hydrogens is 503 g/mol. The topological polar surface area (TPSA) is 133 Å². The summed E-state index contributed by atoms with van der Waals surface area (Å²) in [5.74, 6) is -0.727. The molecule has 196 valence electrons. The van der Waals surface area contributed by atoms with Crippen LogP contribution in [-0.4, -0.2) is 29.1 Å². The zero-order valence-electron chi connectivity index (χ0n) is 20.9. The van der Waals surface area contributed by atoms with Crippen LogP contribution in [0.3, 0.4) is 0 Å². The van der Waals surface area contributed by atoms with E-state index in [0.29, 0.717) is 33.4 Å². The average Bonchev–Trinajstić information content (AvgIpc) is 3.34. The first kappa shape index (κ1) is 24.5. The van der Waals surface area contributed by atoms with Gasteiger partial charge in [0.25, 0.3) is 11.1 Å². The summed E-state index contributed by atoms with van der Waals surface area (Å²) in [4.78, 5) is 44.6. The van der Waals surface area contributed by atoms with Gasteiger partial charge in [-0.25, -0.2) is 13.8 Å². The van der Waals surface area contributed by atoms with E-state index in [4.69, 9.17) is 0 Å². The molecule has 0 aliphatic carbocycles. The maximum absolute atomic E-state index is 14.3. The zero-order chi connectivity index (χ0) is 27.6. The van der Waals surface area contributed by atoms with Crippen LogP contribution in [0.5, 0.6) is 0 Å². The number of fused-ring (bicyclic) bond motifs is 4. The molecule has 0 fully saturated rings. The summed E-state index contributed by atoms with van der Waals surface area (Å²) in [7, 11) is 0. The van der Waals surface area contributed by atoms with Gasteiger partial charge in [-0.15, -0.1) is 0 Å². The van der Waals surface area contributed by atoms with E-state index in [1.165, 1.54) is 18.2 Å². The minimum Gasteiger partial charge on any atom is -0.392 e. The van der Waals surface area contributed by atoms with Crippen LogP contribution < -0.4 is 16.8 Å². The van der Waals surface area contributed by atoms with E-state index >= 15 is 0 Å². The van der Waals surface area contributed by atoms with E-state index in [1.807, 2.05) is 0 Å². The fraction of sp³-hybridized carbons (Fsp3) is 0.138. The van der Waals surface area contributed by atoms with Crippen molar-refractivity contribution < 1.29 is 14.6 Å². The van der Waals surface area contributed by atoms with Crippen molar-refractivity contribution in [3.63, 3.8) is 0 Å². The van der Waals surface area contributed by atoms with Crippen LogP contribution >= 0.6 is 0 Å². The molecule has 9 nitrogen and oxygen atoms in total. The van der Waals surface area contributed by atoms with E-state index in [-0.39, 0.29) is 27.7 Å². The average molecular weight is 527 g/mol. The normalized spacial score (nSPS) is 12.1. The SMILES string of the molecule is CC(C)(O)c1ccc2c(c1)[nH]c(=O)c1ccc(-c3cccc(-n4c(=O)[nH]c5c(F)cccc5c4=O)c3CO)n12. The number of aromatic nitrogens is 4. The Kier molecular flexibility index (Phi) is 5.42. The molecular formula is C29H23FN4O5. The Morgan fingerprint density at radius 1 is 0.923 bits per heavy atom. The summed E-state index contributed by atoms with van der Waals surface area (Å²) in [6.45, 7) is 2.77. The lowest BCUT2D eigenvalue weighted by Crippen LogP contribution is -2.34. The number of nitrogens with zero attached hydrogens (tertiary/aromatic N) is 2. The van der Waals surface area contributed by atoms with Gasteiger partial charge in [0.15, 0.2) is 0 Å². The molecule has 4 N–H and O–H groups in total. The number of rotatable bonds is 4. The second-order valence-corrected chi connectivity index (χ2v) is 9.88. The summed E-state index contributed by atoms with van der Waals surface area (Å²) in [5.41, 5.74) is 0.252. The molecule has 0 saturated heterocycles. The predicted octanol–water partition coefficient (Wildman–Crippen LogP) is 3.30. The lowest BCUT2D eigenvalue weighted by molar-refractivity contribution is 0.0787. The minimum absolute atomic E-state index is 0.0165. The first-order valence-corrected chi connectivity index (χ1v) is 12.2. The number of hydrogen-bond acceptors (Lipinski definition) is 5. The van der Waals surface area contributed by atoms with Gasteiger partial charge in [0, 0.05) is 11.1 Å². The summed E-state index contributed by atoms with van der Waals surface area (Å²) < 4.78 is 16.9. The highest BCUT2D eigenvalue weighted by Gasteiger charge is 2.21. The second-order valence-electron chi connectivity index (χ2n) is 9.88. The van der Waals surface area contributed by atoms with Crippen LogP contribution in [0.15, 0.2) is 81.1 Å². The highest BCUT2D eigenvalue weighted by atomic mass is 19.1. The number of benzene rings is 3. The molecule has 0 radical (unpaired) electrons. The van der Waals surface area contributed by atoms with E-state index < -0.39 is 29.3 Å². The van der Waals surface area contributed by atoms with Gasteiger partial charge < -0.3 is 24.6 Å². The molecule has 3 heterocycles. The van der Waals surface area contributed by atoms with E-state index in [0.717, 1.165) is 10.6 Å². The number of aliphatic hydroxyl groups is 2. The van der Waals surface area contributed by atoms with Gasteiger partial charge >= 0.3 is 5.69 Å². The molecule has 6 rings (SSSR count). The Hall–Kier alpha value is -4.80. The third kappa shape index (κ3) is 3.72. The Balaban J connectivity index is 1.66. The van der Waals surface area contributed by atoms with Gasteiger partial charge in [-0.3, -0.25) is 9.59 Å². The number of halogens is 1. The molecule has 3 aromatic heterocycles. The molecule has 0 atom stereocenters. The molecule has 10 heteroatoms. The van der Waals surface area contributed by atoms with Crippen molar-refractivity contribution in [2.45, 2.75) is 26.1 Å². The van der Waals surface area contributed by atoms with Crippen LogP contribution in [0, 0.1) is 5.82 Å². The van der Waals surface area contributed by atoms with Gasteiger partial charge in [0.2, 0.25) is 0 Å². The molecule has 0 spiro atoms. The molecule has 6 aromatic rings. The van der Waals surface area contributed by atoms with Crippen LogP contribution in [0.2, 0.25) is 0 Å². The summed E-state index contributed by atoms with van der Waals surface area (Å²) in [6.07, 6.45) is 0. The van der Waals surface area contributed by atoms with Gasteiger partial charge in [-0.1, -0.05) is 24.3 Å². The number of hydrogen-bond donors (Lipinski definition) is 4. The first-order chi connectivity index (χ1) is 18.6. The number of H-pyrrole nitrogens is 2. The summed E-state index contributed by atoms with van der Waals surface area (Å²) >= 11 is 0. The Bertz CT molecular complexity index is 2130. The van der Waals surface area contributed by atoms with E-state index in [2.05, 4.69) is 9.97 Å². The molecule has 0 aliphatic rings. The van der Waals surface area contributed by atoms with Crippen molar-refractivity contribution in [2.24, 2.45) is 0 Å². The molecule has 0 bridgehead atoms. The molecule has 0 amide bonds. The number of aromatic amines is 2. The monoisotopic (exact) mass is 526 g/mol. The third-order valence-electron chi connectivity index (χ3n) is 7.01. The van der Waals surface area contributed by atoms with Crippen LogP contribution in [-0.2, 0) is 12.2 Å². The maximum Gasteiger partial charge on any atom is 0.333 e. The highest BCUT2D eigenvalue weighted by molar-refractivity contribution is 5.84. The fourth-order valence-electron chi connectivity index (χ4n) is 5.10. The number of para-hydroxylation sites is 1. The third-order valence-corrected chi connectivity index (χ3v) is 7.01. The lowest BCUT2D eigenvalue weighted by Gasteiger charge is -2.19. The Morgan fingerprint density at radius 3 is 2.41 bits per heavy atom. The maximum atomic E-state index is 14.3. The molecule has 0 unspecified atom stereocenters. The van der Waals surface area contributed by atoms with Crippen molar-refractivity contribution in [3.8, 4) is 16.9 Å². The number of aliphatic hydroxyl groups excluding tert-OH is 1. The number of nitrogens with one attached hydrogen (secondary N) is 2. The minimum atomic E-state index is -1.12. The molecule has 0 saturated carbocycles. The fourth-order valence-corrected chi connectivity index (χ4v) is 5.10. The van der Waals surface area contributed by atoms with Gasteiger partial charge in [0.1, 0.15) is 11.3 Å².